The highest BCUT2D eigenvalue weighted by atomic mass is 32.1. The van der Waals surface area contributed by atoms with Gasteiger partial charge < -0.3 is 10.2 Å². The molecule has 1 aromatic carbocycles. The molecular weight excluding hydrogens is 318 g/mol. The minimum atomic E-state index is -0.573. The summed E-state index contributed by atoms with van der Waals surface area (Å²) >= 11 is 1.55. The number of nitrogens with zero attached hydrogens (tertiary/aromatic N) is 2. The monoisotopic (exact) mass is 333 g/mol. The van der Waals surface area contributed by atoms with Crippen molar-refractivity contribution >= 4 is 28.8 Å². The number of benzene rings is 1. The van der Waals surface area contributed by atoms with Gasteiger partial charge in [0.15, 0.2) is 0 Å². The zero-order valence-electron chi connectivity index (χ0n) is 12.4. The largest absolute Gasteiger partial charge is 0.343 e. The van der Waals surface area contributed by atoms with Crippen molar-refractivity contribution in [3.8, 4) is 0 Å². The van der Waals surface area contributed by atoms with E-state index in [2.05, 4.69) is 5.32 Å². The summed E-state index contributed by atoms with van der Waals surface area (Å²) in [5.74, 6) is -0.760. The molecule has 0 saturated carbocycles. The van der Waals surface area contributed by atoms with Gasteiger partial charge in [0.25, 0.3) is 11.6 Å². The van der Waals surface area contributed by atoms with Gasteiger partial charge in [0.05, 0.1) is 18.0 Å². The van der Waals surface area contributed by atoms with Crippen LogP contribution in [-0.4, -0.2) is 35.2 Å². The summed E-state index contributed by atoms with van der Waals surface area (Å²) in [6.07, 6.45) is 0. The maximum Gasteiger partial charge on any atom is 0.270 e. The normalized spacial score (nSPS) is 10.1. The lowest BCUT2D eigenvalue weighted by atomic mass is 10.2. The van der Waals surface area contributed by atoms with Gasteiger partial charge in [-0.05, 0) is 17.5 Å². The van der Waals surface area contributed by atoms with Crippen molar-refractivity contribution < 1.29 is 14.5 Å². The molecule has 0 radical (unpaired) electrons. The van der Waals surface area contributed by atoms with E-state index in [1.54, 1.807) is 18.4 Å². The molecule has 0 unspecified atom stereocenters. The Labute approximate surface area is 136 Å². The average Bonchev–Trinajstić information content (AvgIpc) is 3.05. The maximum absolute atomic E-state index is 12.0. The highest BCUT2D eigenvalue weighted by Gasteiger charge is 2.14. The molecule has 8 heteroatoms. The molecule has 0 aliphatic heterocycles. The van der Waals surface area contributed by atoms with Gasteiger partial charge in [0, 0.05) is 29.6 Å². The molecule has 2 amide bonds. The van der Waals surface area contributed by atoms with Crippen LogP contribution in [0.3, 0.4) is 0 Å². The average molecular weight is 333 g/mol. The van der Waals surface area contributed by atoms with Gasteiger partial charge in [-0.25, -0.2) is 0 Å². The standard InChI is InChI=1S/C15H15N3O4S/c1-17(10-13-6-3-7-23-13)14(19)9-16-15(20)11-4-2-5-12(8-11)18(21)22/h2-8H,9-10H2,1H3,(H,16,20). The van der Waals surface area contributed by atoms with E-state index in [0.717, 1.165) is 4.88 Å². The lowest BCUT2D eigenvalue weighted by Crippen LogP contribution is -2.37. The molecule has 120 valence electrons. The van der Waals surface area contributed by atoms with E-state index in [0.29, 0.717) is 6.54 Å². The maximum atomic E-state index is 12.0. The molecule has 2 aromatic rings. The number of carbonyl (C=O) groups excluding carboxylic acids is 2. The number of thiophene rings is 1. The van der Waals surface area contributed by atoms with Gasteiger partial charge in [0.1, 0.15) is 0 Å². The number of amides is 2. The van der Waals surface area contributed by atoms with Gasteiger partial charge in [0.2, 0.25) is 5.91 Å². The summed E-state index contributed by atoms with van der Waals surface area (Å²) in [7, 11) is 1.65. The van der Waals surface area contributed by atoms with Crippen molar-refractivity contribution in [3.63, 3.8) is 0 Å². The Hall–Kier alpha value is -2.74. The minimum absolute atomic E-state index is 0.146. The van der Waals surface area contributed by atoms with E-state index in [1.807, 2.05) is 17.5 Å². The summed E-state index contributed by atoms with van der Waals surface area (Å²) in [6.45, 7) is 0.312. The third-order valence-electron chi connectivity index (χ3n) is 3.12. The van der Waals surface area contributed by atoms with Crippen LogP contribution in [0, 0.1) is 10.1 Å². The topological polar surface area (TPSA) is 92.6 Å². The SMILES string of the molecule is CN(Cc1cccs1)C(=O)CNC(=O)c1cccc([N+](=O)[O-])c1. The molecule has 7 nitrogen and oxygen atoms in total. The summed E-state index contributed by atoms with van der Waals surface area (Å²) in [5.41, 5.74) is -0.0216. The number of likely N-dealkylation sites (N-methyl/N-ethyl adjacent to an activating group) is 1. The first-order chi connectivity index (χ1) is 11.0. The van der Waals surface area contributed by atoms with Crippen LogP contribution in [0.25, 0.3) is 0 Å². The Morgan fingerprint density at radius 3 is 2.74 bits per heavy atom. The van der Waals surface area contributed by atoms with Crippen LogP contribution in [0.15, 0.2) is 41.8 Å². The van der Waals surface area contributed by atoms with Gasteiger partial charge in [-0.2, -0.15) is 0 Å². The number of rotatable bonds is 6. The molecule has 0 spiro atoms. The second-order valence-electron chi connectivity index (χ2n) is 4.82. The molecule has 0 aliphatic carbocycles. The number of nitro groups is 1. The number of nitro benzene ring substituents is 1. The highest BCUT2D eigenvalue weighted by Crippen LogP contribution is 2.13. The summed E-state index contributed by atoms with van der Waals surface area (Å²) in [4.78, 5) is 36.6. The van der Waals surface area contributed by atoms with Gasteiger partial charge in [-0.3, -0.25) is 19.7 Å². The van der Waals surface area contributed by atoms with Crippen molar-refractivity contribution in [2.75, 3.05) is 13.6 Å². The first-order valence-corrected chi connectivity index (χ1v) is 7.64. The molecule has 23 heavy (non-hydrogen) atoms. The fourth-order valence-corrected chi connectivity index (χ4v) is 2.64. The first kappa shape index (κ1) is 16.6. The number of nitrogens with one attached hydrogen (secondary N) is 1. The predicted molar refractivity (Wildman–Crippen MR) is 86.2 cm³/mol. The molecule has 0 aliphatic rings. The second kappa shape index (κ2) is 7.50. The van der Waals surface area contributed by atoms with Crippen molar-refractivity contribution in [3.05, 3.63) is 62.3 Å². The molecule has 0 fully saturated rings. The Balaban J connectivity index is 1.89. The van der Waals surface area contributed by atoms with Crippen LogP contribution in [0.5, 0.6) is 0 Å². The molecule has 1 N–H and O–H groups in total. The predicted octanol–water partition coefficient (Wildman–Crippen LogP) is 2.04. The van der Waals surface area contributed by atoms with E-state index >= 15 is 0 Å². The Morgan fingerprint density at radius 1 is 1.30 bits per heavy atom. The number of carbonyl (C=O) groups is 2. The van der Waals surface area contributed by atoms with Crippen molar-refractivity contribution in [2.24, 2.45) is 0 Å². The number of non-ortho nitro benzene ring substituents is 1. The van der Waals surface area contributed by atoms with Crippen LogP contribution in [-0.2, 0) is 11.3 Å². The van der Waals surface area contributed by atoms with E-state index in [-0.39, 0.29) is 23.7 Å². The molecule has 0 atom stereocenters. The van der Waals surface area contributed by atoms with Gasteiger partial charge >= 0.3 is 0 Å². The quantitative estimate of drug-likeness (QED) is 0.647. The third-order valence-corrected chi connectivity index (χ3v) is 3.98. The molecule has 1 aromatic heterocycles. The first-order valence-electron chi connectivity index (χ1n) is 6.76. The van der Waals surface area contributed by atoms with E-state index in [1.165, 1.54) is 29.2 Å². The summed E-state index contributed by atoms with van der Waals surface area (Å²) < 4.78 is 0. The van der Waals surface area contributed by atoms with E-state index < -0.39 is 10.8 Å². The Bertz CT molecular complexity index is 715. The second-order valence-corrected chi connectivity index (χ2v) is 5.85. The molecule has 1 heterocycles. The zero-order chi connectivity index (χ0) is 16.8. The van der Waals surface area contributed by atoms with Crippen LogP contribution < -0.4 is 5.32 Å². The fourth-order valence-electron chi connectivity index (χ4n) is 1.88. The number of hydrogen-bond acceptors (Lipinski definition) is 5. The van der Waals surface area contributed by atoms with Crippen molar-refractivity contribution in [1.82, 2.24) is 10.2 Å². The van der Waals surface area contributed by atoms with Crippen LogP contribution in [0.2, 0.25) is 0 Å². The number of hydrogen-bond donors (Lipinski definition) is 1. The Morgan fingerprint density at radius 2 is 2.09 bits per heavy atom. The van der Waals surface area contributed by atoms with E-state index in [9.17, 15) is 19.7 Å². The lowest BCUT2D eigenvalue weighted by molar-refractivity contribution is -0.384. The third kappa shape index (κ3) is 4.62. The van der Waals surface area contributed by atoms with Crippen molar-refractivity contribution in [1.29, 1.82) is 0 Å². The van der Waals surface area contributed by atoms with Crippen LogP contribution >= 0.6 is 11.3 Å². The Kier molecular flexibility index (Phi) is 5.42. The molecule has 0 bridgehead atoms. The van der Waals surface area contributed by atoms with E-state index in [4.69, 9.17) is 0 Å². The van der Waals surface area contributed by atoms with Crippen LogP contribution in [0.1, 0.15) is 15.2 Å². The minimum Gasteiger partial charge on any atom is -0.343 e. The smallest absolute Gasteiger partial charge is 0.270 e. The molecule has 2 rings (SSSR count). The van der Waals surface area contributed by atoms with Gasteiger partial charge in [-0.15, -0.1) is 11.3 Å². The molecule has 0 saturated heterocycles. The highest BCUT2D eigenvalue weighted by molar-refractivity contribution is 7.09. The van der Waals surface area contributed by atoms with Crippen molar-refractivity contribution in [2.45, 2.75) is 6.54 Å². The summed E-state index contributed by atoms with van der Waals surface area (Å²) in [5, 5.41) is 15.1. The lowest BCUT2D eigenvalue weighted by Gasteiger charge is -2.16. The molecular formula is C15H15N3O4S. The zero-order valence-corrected chi connectivity index (χ0v) is 13.2. The van der Waals surface area contributed by atoms with Gasteiger partial charge in [-0.1, -0.05) is 12.1 Å². The fraction of sp³-hybridized carbons (Fsp3) is 0.200. The summed E-state index contributed by atoms with van der Waals surface area (Å²) in [6, 6.07) is 9.20. The van der Waals surface area contributed by atoms with Crippen LogP contribution in [0.4, 0.5) is 5.69 Å².